The summed E-state index contributed by atoms with van der Waals surface area (Å²) in [4.78, 5) is 0. The number of hydrogen-bond acceptors (Lipinski definition) is 2. The fourth-order valence-electron chi connectivity index (χ4n) is 3.21. The van der Waals surface area contributed by atoms with Crippen LogP contribution in [0.25, 0.3) is 0 Å². The van der Waals surface area contributed by atoms with E-state index < -0.39 is 16.5 Å². The Balaban J connectivity index is 5.84. The van der Waals surface area contributed by atoms with E-state index >= 15 is 0 Å². The SMILES string of the molecule is CC(C)(C)N(N(C(C)(C)C)[Si](C)(C)C)[Si](C)(C)C. The summed E-state index contributed by atoms with van der Waals surface area (Å²) >= 11 is 0. The molecular formula is C14H36N2Si2. The molecule has 0 atom stereocenters. The first kappa shape index (κ1) is 18.4. The van der Waals surface area contributed by atoms with E-state index in [2.05, 4.69) is 90.2 Å². The minimum absolute atomic E-state index is 0.192. The minimum Gasteiger partial charge on any atom is -0.265 e. The third kappa shape index (κ3) is 4.80. The molecular weight excluding hydrogens is 252 g/mol. The standard InChI is InChI=1S/C14H36N2Si2/c1-13(2,3)15(17(7,8)9)16(14(4,5)6)18(10,11)12/h1-12H3. The summed E-state index contributed by atoms with van der Waals surface area (Å²) in [6.45, 7) is 28.8. The van der Waals surface area contributed by atoms with Gasteiger partial charge < -0.3 is 0 Å². The lowest BCUT2D eigenvalue weighted by atomic mass is 10.1. The normalized spacial score (nSPS) is 15.7. The summed E-state index contributed by atoms with van der Waals surface area (Å²) in [5, 5.41) is 0. The van der Waals surface area contributed by atoms with E-state index in [-0.39, 0.29) is 11.1 Å². The molecule has 0 N–H and O–H groups in total. The second-order valence-corrected chi connectivity index (χ2v) is 18.8. The zero-order chi connectivity index (χ0) is 15.2. The molecule has 0 bridgehead atoms. The average Bonchev–Trinajstić information content (AvgIpc) is 1.89. The molecule has 0 aliphatic heterocycles. The zero-order valence-electron chi connectivity index (χ0n) is 14.9. The van der Waals surface area contributed by atoms with Gasteiger partial charge >= 0.3 is 0 Å². The monoisotopic (exact) mass is 288 g/mol. The average molecular weight is 289 g/mol. The molecule has 0 aliphatic rings. The number of hydrogen-bond donors (Lipinski definition) is 0. The molecule has 0 spiro atoms. The van der Waals surface area contributed by atoms with Crippen LogP contribution in [0.4, 0.5) is 0 Å². The van der Waals surface area contributed by atoms with Crippen LogP contribution in [0.1, 0.15) is 41.5 Å². The Hall–Kier alpha value is 0.354. The van der Waals surface area contributed by atoms with Crippen LogP contribution in [0, 0.1) is 0 Å². The van der Waals surface area contributed by atoms with Crippen LogP contribution < -0.4 is 0 Å². The van der Waals surface area contributed by atoms with Gasteiger partial charge in [-0.15, -0.1) is 0 Å². The van der Waals surface area contributed by atoms with Gasteiger partial charge in [-0.25, -0.2) is 0 Å². The van der Waals surface area contributed by atoms with Crippen LogP contribution in [0.15, 0.2) is 0 Å². The van der Waals surface area contributed by atoms with Crippen molar-refractivity contribution < 1.29 is 0 Å². The van der Waals surface area contributed by atoms with Gasteiger partial charge in [-0.05, 0) is 41.5 Å². The predicted molar refractivity (Wildman–Crippen MR) is 89.9 cm³/mol. The molecule has 4 heteroatoms. The lowest BCUT2D eigenvalue weighted by Gasteiger charge is -2.60. The summed E-state index contributed by atoms with van der Waals surface area (Å²) in [5.41, 5.74) is 0.385. The van der Waals surface area contributed by atoms with E-state index in [1.807, 2.05) is 0 Å². The fraction of sp³-hybridized carbons (Fsp3) is 1.00. The summed E-state index contributed by atoms with van der Waals surface area (Å²) in [5.74, 6) is 0. The minimum atomic E-state index is -1.41. The Morgan fingerprint density at radius 3 is 0.722 bits per heavy atom. The van der Waals surface area contributed by atoms with Gasteiger partial charge in [0.05, 0.1) is 0 Å². The number of rotatable bonds is 3. The molecule has 18 heavy (non-hydrogen) atoms. The zero-order valence-corrected chi connectivity index (χ0v) is 16.9. The van der Waals surface area contributed by atoms with Crippen LogP contribution in [0.3, 0.4) is 0 Å². The second kappa shape index (κ2) is 5.04. The Morgan fingerprint density at radius 1 is 0.500 bits per heavy atom. The molecule has 2 nitrogen and oxygen atoms in total. The fourth-order valence-corrected chi connectivity index (χ4v) is 10.8. The van der Waals surface area contributed by atoms with Crippen molar-refractivity contribution in [2.24, 2.45) is 0 Å². The van der Waals surface area contributed by atoms with Gasteiger partial charge in [0.1, 0.15) is 16.5 Å². The maximum atomic E-state index is 2.74. The van der Waals surface area contributed by atoms with Crippen molar-refractivity contribution in [3.05, 3.63) is 0 Å². The van der Waals surface area contributed by atoms with Crippen LogP contribution >= 0.6 is 0 Å². The van der Waals surface area contributed by atoms with Crippen molar-refractivity contribution in [2.75, 3.05) is 0 Å². The second-order valence-electron chi connectivity index (χ2n) is 9.31. The Kier molecular flexibility index (Phi) is 5.14. The summed E-state index contributed by atoms with van der Waals surface area (Å²) < 4.78 is 5.48. The first-order chi connectivity index (χ1) is 7.49. The molecule has 0 saturated carbocycles. The van der Waals surface area contributed by atoms with Crippen molar-refractivity contribution in [1.82, 2.24) is 9.35 Å². The summed E-state index contributed by atoms with van der Waals surface area (Å²) in [6.07, 6.45) is 0. The molecule has 0 aromatic rings. The first-order valence-electron chi connectivity index (χ1n) is 7.09. The maximum Gasteiger partial charge on any atom is 0.137 e. The van der Waals surface area contributed by atoms with Gasteiger partial charge in [-0.2, -0.15) is 0 Å². The van der Waals surface area contributed by atoms with Crippen LogP contribution in [-0.2, 0) is 0 Å². The van der Waals surface area contributed by atoms with Crippen molar-refractivity contribution in [1.29, 1.82) is 0 Å². The molecule has 0 aromatic heterocycles. The first-order valence-corrected chi connectivity index (χ1v) is 14.0. The molecule has 0 amide bonds. The Morgan fingerprint density at radius 2 is 0.667 bits per heavy atom. The number of hydrazine groups is 1. The predicted octanol–water partition coefficient (Wildman–Crippen LogP) is 4.77. The van der Waals surface area contributed by atoms with E-state index in [9.17, 15) is 0 Å². The molecule has 0 rings (SSSR count). The highest BCUT2D eigenvalue weighted by atomic mass is 28.3. The van der Waals surface area contributed by atoms with Gasteiger partial charge in [0, 0.05) is 11.1 Å². The molecule has 110 valence electrons. The topological polar surface area (TPSA) is 6.48 Å². The van der Waals surface area contributed by atoms with Crippen molar-refractivity contribution in [2.45, 2.75) is 91.9 Å². The summed E-state index contributed by atoms with van der Waals surface area (Å²) in [7, 11) is -2.82. The molecule has 0 saturated heterocycles. The molecule has 0 heterocycles. The molecule has 0 fully saturated rings. The van der Waals surface area contributed by atoms with Crippen LogP contribution in [0.2, 0.25) is 39.3 Å². The maximum absolute atomic E-state index is 2.74. The molecule has 0 radical (unpaired) electrons. The molecule has 0 aromatic carbocycles. The van der Waals surface area contributed by atoms with Crippen molar-refractivity contribution in [3.63, 3.8) is 0 Å². The molecule has 0 unspecified atom stereocenters. The number of nitrogens with zero attached hydrogens (tertiary/aromatic N) is 2. The Labute approximate surface area is 118 Å². The van der Waals surface area contributed by atoms with Crippen molar-refractivity contribution >= 4 is 16.5 Å². The quantitative estimate of drug-likeness (QED) is 0.545. The lowest BCUT2D eigenvalue weighted by Crippen LogP contribution is -2.74. The van der Waals surface area contributed by atoms with E-state index in [1.54, 1.807) is 0 Å². The highest BCUT2D eigenvalue weighted by Gasteiger charge is 2.46. The third-order valence-corrected chi connectivity index (χ3v) is 7.22. The van der Waals surface area contributed by atoms with Crippen LogP contribution in [0.5, 0.6) is 0 Å². The van der Waals surface area contributed by atoms with Gasteiger partial charge in [0.15, 0.2) is 0 Å². The largest absolute Gasteiger partial charge is 0.265 e. The van der Waals surface area contributed by atoms with Crippen molar-refractivity contribution in [3.8, 4) is 0 Å². The van der Waals surface area contributed by atoms with E-state index in [4.69, 9.17) is 0 Å². The summed E-state index contributed by atoms with van der Waals surface area (Å²) in [6, 6.07) is 0. The van der Waals surface area contributed by atoms with Crippen LogP contribution in [-0.4, -0.2) is 36.9 Å². The van der Waals surface area contributed by atoms with E-state index in [0.717, 1.165) is 0 Å². The third-order valence-electron chi connectivity index (χ3n) is 2.74. The van der Waals surface area contributed by atoms with E-state index in [0.29, 0.717) is 0 Å². The lowest BCUT2D eigenvalue weighted by molar-refractivity contribution is -0.0160. The Bertz CT molecular complexity index is 216. The smallest absolute Gasteiger partial charge is 0.137 e. The van der Waals surface area contributed by atoms with Gasteiger partial charge in [-0.3, -0.25) is 9.35 Å². The van der Waals surface area contributed by atoms with E-state index in [1.165, 1.54) is 0 Å². The highest BCUT2D eigenvalue weighted by Crippen LogP contribution is 2.34. The molecule has 0 aliphatic carbocycles. The van der Waals surface area contributed by atoms with Gasteiger partial charge in [-0.1, -0.05) is 39.3 Å². The van der Waals surface area contributed by atoms with Gasteiger partial charge in [0.25, 0.3) is 0 Å². The van der Waals surface area contributed by atoms with Gasteiger partial charge in [0.2, 0.25) is 0 Å². The highest BCUT2D eigenvalue weighted by molar-refractivity contribution is 6.77.